The van der Waals surface area contributed by atoms with Gasteiger partial charge in [0.1, 0.15) is 12.1 Å². The minimum Gasteiger partial charge on any atom is -0.465 e. The first kappa shape index (κ1) is 13.7. The molecular weight excluding hydrogens is 263 g/mol. The van der Waals surface area contributed by atoms with Gasteiger partial charge in [-0.15, -0.1) is 0 Å². The highest BCUT2D eigenvalue weighted by Crippen LogP contribution is 2.23. The summed E-state index contributed by atoms with van der Waals surface area (Å²) in [6, 6.07) is 4.09. The van der Waals surface area contributed by atoms with Crippen LogP contribution in [0.5, 0.6) is 0 Å². The number of rotatable bonds is 4. The van der Waals surface area contributed by atoms with Crippen LogP contribution < -0.4 is 11.1 Å². The lowest BCUT2D eigenvalue weighted by molar-refractivity contribution is 0.0602. The van der Waals surface area contributed by atoms with Gasteiger partial charge in [-0.2, -0.15) is 0 Å². The van der Waals surface area contributed by atoms with Crippen molar-refractivity contribution in [3.05, 3.63) is 47.8 Å². The second-order valence-electron chi connectivity index (χ2n) is 3.97. The summed E-state index contributed by atoms with van der Waals surface area (Å²) in [5.41, 5.74) is 6.57. The van der Waals surface area contributed by atoms with E-state index in [-0.39, 0.29) is 16.9 Å². The van der Waals surface area contributed by atoms with Gasteiger partial charge in [0.05, 0.1) is 30.6 Å². The van der Waals surface area contributed by atoms with Gasteiger partial charge in [0.15, 0.2) is 0 Å². The first-order valence-electron chi connectivity index (χ1n) is 5.78. The molecule has 0 aliphatic heterocycles. The maximum Gasteiger partial charge on any atom is 0.340 e. The minimum absolute atomic E-state index is 0.0296. The number of ether oxygens (including phenoxy) is 1. The molecule has 1 aromatic carbocycles. The van der Waals surface area contributed by atoms with E-state index < -0.39 is 11.8 Å². The number of esters is 1. The zero-order chi connectivity index (χ0) is 14.5. The molecular formula is C13H13FN4O2. The van der Waals surface area contributed by atoms with Crippen LogP contribution in [0.3, 0.4) is 0 Å². The maximum atomic E-state index is 13.8. The number of nitrogens with two attached hydrogens (primary N) is 1. The first-order valence-corrected chi connectivity index (χ1v) is 5.78. The van der Waals surface area contributed by atoms with Gasteiger partial charge in [-0.3, -0.25) is 0 Å². The van der Waals surface area contributed by atoms with Gasteiger partial charge in [-0.1, -0.05) is 0 Å². The molecule has 0 spiro atoms. The summed E-state index contributed by atoms with van der Waals surface area (Å²) in [6.45, 7) is 0.296. The Morgan fingerprint density at radius 2 is 2.30 bits per heavy atom. The Balaban J connectivity index is 2.21. The third-order valence-corrected chi connectivity index (χ3v) is 2.65. The van der Waals surface area contributed by atoms with Crippen LogP contribution in [0.4, 0.5) is 15.8 Å². The predicted octanol–water partition coefficient (Wildman–Crippen LogP) is 1.60. The quantitative estimate of drug-likeness (QED) is 0.651. The number of hydrogen-bond acceptors (Lipinski definition) is 6. The number of carbonyl (C=O) groups is 1. The molecule has 1 aromatic heterocycles. The van der Waals surface area contributed by atoms with E-state index in [0.717, 1.165) is 6.07 Å². The molecule has 3 N–H and O–H groups in total. The monoisotopic (exact) mass is 276 g/mol. The third kappa shape index (κ3) is 3.00. The zero-order valence-electron chi connectivity index (χ0n) is 10.8. The minimum atomic E-state index is -0.618. The fourth-order valence-electron chi connectivity index (χ4n) is 1.62. The third-order valence-electron chi connectivity index (χ3n) is 2.65. The fourth-order valence-corrected chi connectivity index (χ4v) is 1.62. The molecule has 2 rings (SSSR count). The van der Waals surface area contributed by atoms with E-state index in [1.807, 2.05) is 0 Å². The molecule has 0 atom stereocenters. The van der Waals surface area contributed by atoms with Crippen molar-refractivity contribution < 1.29 is 13.9 Å². The van der Waals surface area contributed by atoms with Gasteiger partial charge in [0.25, 0.3) is 0 Å². The average molecular weight is 276 g/mol. The van der Waals surface area contributed by atoms with Gasteiger partial charge in [-0.25, -0.2) is 19.2 Å². The molecule has 0 aliphatic carbocycles. The number of halogens is 1. The van der Waals surface area contributed by atoms with Crippen LogP contribution in [0.2, 0.25) is 0 Å². The summed E-state index contributed by atoms with van der Waals surface area (Å²) < 4.78 is 18.4. The largest absolute Gasteiger partial charge is 0.465 e. The van der Waals surface area contributed by atoms with Crippen LogP contribution >= 0.6 is 0 Å². The van der Waals surface area contributed by atoms with Gasteiger partial charge >= 0.3 is 5.97 Å². The van der Waals surface area contributed by atoms with E-state index in [0.29, 0.717) is 12.2 Å². The number of benzene rings is 1. The summed E-state index contributed by atoms with van der Waals surface area (Å²) in [6.07, 6.45) is 2.99. The second-order valence-corrected chi connectivity index (χ2v) is 3.97. The molecule has 0 saturated carbocycles. The summed E-state index contributed by atoms with van der Waals surface area (Å²) in [5, 5.41) is 2.85. The van der Waals surface area contributed by atoms with Crippen molar-refractivity contribution >= 4 is 17.3 Å². The Morgan fingerprint density at radius 1 is 1.50 bits per heavy atom. The normalized spacial score (nSPS) is 10.1. The summed E-state index contributed by atoms with van der Waals surface area (Å²) in [7, 11) is 1.24. The van der Waals surface area contributed by atoms with E-state index in [4.69, 9.17) is 5.73 Å². The van der Waals surface area contributed by atoms with Gasteiger partial charge in [0.2, 0.25) is 0 Å². The zero-order valence-corrected chi connectivity index (χ0v) is 10.8. The Kier molecular flexibility index (Phi) is 4.09. The van der Waals surface area contributed by atoms with Crippen LogP contribution in [0.1, 0.15) is 16.1 Å². The molecule has 0 unspecified atom stereocenters. The molecule has 6 nitrogen and oxygen atoms in total. The number of anilines is 2. The Morgan fingerprint density at radius 3 is 2.95 bits per heavy atom. The molecule has 0 aliphatic rings. The van der Waals surface area contributed by atoms with E-state index in [1.54, 1.807) is 12.3 Å². The molecule has 20 heavy (non-hydrogen) atoms. The predicted molar refractivity (Wildman–Crippen MR) is 71.5 cm³/mol. The van der Waals surface area contributed by atoms with E-state index in [1.165, 1.54) is 19.5 Å². The highest BCUT2D eigenvalue weighted by Gasteiger charge is 2.14. The summed E-state index contributed by atoms with van der Waals surface area (Å²) in [4.78, 5) is 19.3. The van der Waals surface area contributed by atoms with Crippen LogP contribution in [-0.4, -0.2) is 23.0 Å². The van der Waals surface area contributed by atoms with Crippen molar-refractivity contribution in [2.75, 3.05) is 18.2 Å². The number of carbonyl (C=O) groups excluding carboxylic acids is 1. The number of methoxy groups -OCH3 is 1. The Bertz CT molecular complexity index is 619. The number of hydrogen-bond donors (Lipinski definition) is 2. The standard InChI is InChI=1S/C13H13FN4O2/c1-20-13(19)9-4-12(10(14)5-11(9)15)17-6-8-2-3-16-7-18-8/h2-5,7,17H,6,15H2,1H3. The van der Waals surface area contributed by atoms with Crippen molar-refractivity contribution in [2.45, 2.75) is 6.54 Å². The molecule has 0 amide bonds. The highest BCUT2D eigenvalue weighted by molar-refractivity contribution is 5.96. The molecule has 7 heteroatoms. The molecule has 1 heterocycles. The number of nitrogens with one attached hydrogen (secondary N) is 1. The van der Waals surface area contributed by atoms with Crippen molar-refractivity contribution in [1.29, 1.82) is 0 Å². The lowest BCUT2D eigenvalue weighted by Gasteiger charge is -2.10. The number of aromatic nitrogens is 2. The first-order chi connectivity index (χ1) is 9.61. The Labute approximate surface area is 114 Å². The van der Waals surface area contributed by atoms with Crippen molar-refractivity contribution in [3.63, 3.8) is 0 Å². The molecule has 0 saturated heterocycles. The fraction of sp³-hybridized carbons (Fsp3) is 0.154. The summed E-state index contributed by atoms with van der Waals surface area (Å²) in [5.74, 6) is -1.17. The average Bonchev–Trinajstić information content (AvgIpc) is 2.46. The molecule has 104 valence electrons. The molecule has 2 aromatic rings. The Hall–Kier alpha value is -2.70. The van der Waals surface area contributed by atoms with Gasteiger partial charge in [-0.05, 0) is 18.2 Å². The number of nitrogens with zero attached hydrogens (tertiary/aromatic N) is 2. The topological polar surface area (TPSA) is 90.1 Å². The van der Waals surface area contributed by atoms with Crippen LogP contribution in [0.15, 0.2) is 30.7 Å². The van der Waals surface area contributed by atoms with E-state index in [9.17, 15) is 9.18 Å². The smallest absolute Gasteiger partial charge is 0.340 e. The van der Waals surface area contributed by atoms with E-state index in [2.05, 4.69) is 20.0 Å². The van der Waals surface area contributed by atoms with E-state index >= 15 is 0 Å². The van der Waals surface area contributed by atoms with Crippen molar-refractivity contribution in [1.82, 2.24) is 9.97 Å². The van der Waals surface area contributed by atoms with Gasteiger partial charge < -0.3 is 15.8 Å². The van der Waals surface area contributed by atoms with Crippen LogP contribution in [-0.2, 0) is 11.3 Å². The molecule has 0 fully saturated rings. The van der Waals surface area contributed by atoms with Crippen molar-refractivity contribution in [2.24, 2.45) is 0 Å². The SMILES string of the molecule is COC(=O)c1cc(NCc2ccncn2)c(F)cc1N. The second kappa shape index (κ2) is 5.96. The van der Waals surface area contributed by atoms with Crippen LogP contribution in [0, 0.1) is 5.82 Å². The molecule has 0 bridgehead atoms. The molecule has 0 radical (unpaired) electrons. The lowest BCUT2D eigenvalue weighted by Crippen LogP contribution is -2.09. The lowest BCUT2D eigenvalue weighted by atomic mass is 10.1. The maximum absolute atomic E-state index is 13.8. The van der Waals surface area contributed by atoms with Crippen molar-refractivity contribution in [3.8, 4) is 0 Å². The van der Waals surface area contributed by atoms with Crippen LogP contribution in [0.25, 0.3) is 0 Å². The van der Waals surface area contributed by atoms with Gasteiger partial charge in [0, 0.05) is 11.9 Å². The number of nitrogen functional groups attached to an aromatic ring is 1. The summed E-state index contributed by atoms with van der Waals surface area (Å²) >= 11 is 0. The highest BCUT2D eigenvalue weighted by atomic mass is 19.1.